The van der Waals surface area contributed by atoms with Crippen LogP contribution in [0.1, 0.15) is 50.2 Å². The summed E-state index contributed by atoms with van der Waals surface area (Å²) in [5.74, 6) is -0.459. The summed E-state index contributed by atoms with van der Waals surface area (Å²) in [5, 5.41) is 0. The second kappa shape index (κ2) is 8.65. The van der Waals surface area contributed by atoms with E-state index in [4.69, 9.17) is 15.2 Å². The molecule has 2 heterocycles. The molecule has 1 aliphatic heterocycles. The van der Waals surface area contributed by atoms with Crippen molar-refractivity contribution in [3.8, 4) is 11.3 Å². The zero-order chi connectivity index (χ0) is 21.9. The summed E-state index contributed by atoms with van der Waals surface area (Å²) in [6.07, 6.45) is 2.55. The van der Waals surface area contributed by atoms with Crippen molar-refractivity contribution in [2.45, 2.75) is 39.7 Å². The first kappa shape index (κ1) is 21.5. The maximum atomic E-state index is 12.2. The Labute approximate surface area is 176 Å². The molecule has 0 aliphatic carbocycles. The topological polar surface area (TPSA) is 97.7 Å². The zero-order valence-electron chi connectivity index (χ0n) is 18.0. The third kappa shape index (κ3) is 5.03. The molecule has 0 spiro atoms. The molecule has 0 bridgehead atoms. The molecule has 30 heavy (non-hydrogen) atoms. The van der Waals surface area contributed by atoms with Gasteiger partial charge >= 0.3 is 12.1 Å². The highest BCUT2D eigenvalue weighted by molar-refractivity contribution is 5.95. The Hall–Kier alpha value is -3.22. The van der Waals surface area contributed by atoms with Gasteiger partial charge in [0.2, 0.25) is 0 Å². The summed E-state index contributed by atoms with van der Waals surface area (Å²) in [6, 6.07) is 9.77. The zero-order valence-corrected chi connectivity index (χ0v) is 18.0. The van der Waals surface area contributed by atoms with Gasteiger partial charge in [0, 0.05) is 18.8 Å². The van der Waals surface area contributed by atoms with Gasteiger partial charge in [-0.05, 0) is 56.9 Å². The molecule has 0 atom stereocenters. The normalized spacial score (nSPS) is 14.3. The Morgan fingerprint density at radius 2 is 1.83 bits per heavy atom. The number of H-pyrrole nitrogens is 1. The van der Waals surface area contributed by atoms with Gasteiger partial charge in [-0.1, -0.05) is 30.3 Å². The molecule has 0 saturated carbocycles. The Bertz CT molecular complexity index is 952. The van der Waals surface area contributed by atoms with Gasteiger partial charge < -0.3 is 25.1 Å². The van der Waals surface area contributed by atoms with Crippen molar-refractivity contribution in [1.82, 2.24) is 9.88 Å². The summed E-state index contributed by atoms with van der Waals surface area (Å²) >= 11 is 0. The molecule has 7 heteroatoms. The number of carbonyl (C=O) groups excluding carboxylic acids is 2. The van der Waals surface area contributed by atoms with Crippen LogP contribution in [0.15, 0.2) is 36.4 Å². The molecule has 1 amide bonds. The first-order chi connectivity index (χ1) is 14.2. The van der Waals surface area contributed by atoms with Gasteiger partial charge in [0.15, 0.2) is 0 Å². The van der Waals surface area contributed by atoms with Crippen molar-refractivity contribution in [2.24, 2.45) is 0 Å². The van der Waals surface area contributed by atoms with Crippen LogP contribution in [0.25, 0.3) is 16.8 Å². The molecule has 0 radical (unpaired) electrons. The van der Waals surface area contributed by atoms with E-state index < -0.39 is 11.6 Å². The van der Waals surface area contributed by atoms with Crippen LogP contribution in [-0.4, -0.2) is 47.2 Å². The van der Waals surface area contributed by atoms with Crippen LogP contribution in [0.4, 0.5) is 10.5 Å². The standard InChI is InChI=1S/C23H29N3O4/c1-5-29-21(27)20-18(24)14-19(25-20)17-8-6-15(7-9-17)16-10-12-26(13-11-16)22(28)30-23(2,3)4/h6-10,14,25H,5,11-13,24H2,1-4H3. The van der Waals surface area contributed by atoms with Crippen LogP contribution < -0.4 is 5.73 Å². The van der Waals surface area contributed by atoms with Crippen molar-refractivity contribution in [3.63, 3.8) is 0 Å². The molecule has 160 valence electrons. The predicted octanol–water partition coefficient (Wildman–Crippen LogP) is 4.46. The monoisotopic (exact) mass is 411 g/mol. The van der Waals surface area contributed by atoms with E-state index >= 15 is 0 Å². The maximum Gasteiger partial charge on any atom is 0.410 e. The first-order valence-corrected chi connectivity index (χ1v) is 10.1. The summed E-state index contributed by atoms with van der Waals surface area (Å²) in [4.78, 5) is 28.9. The third-order valence-corrected chi connectivity index (χ3v) is 4.76. The highest BCUT2D eigenvalue weighted by Crippen LogP contribution is 2.28. The SMILES string of the molecule is CCOC(=O)c1[nH]c(-c2ccc(C3=CCN(C(=O)OC(C)(C)C)CC3)cc2)cc1N. The second-order valence-electron chi connectivity index (χ2n) is 8.22. The number of carbonyl (C=O) groups is 2. The molecule has 0 unspecified atom stereocenters. The highest BCUT2D eigenvalue weighted by Gasteiger charge is 2.24. The van der Waals surface area contributed by atoms with Crippen molar-refractivity contribution in [3.05, 3.63) is 47.7 Å². The van der Waals surface area contributed by atoms with Gasteiger partial charge in [0.25, 0.3) is 0 Å². The fraction of sp³-hybridized carbons (Fsp3) is 0.391. The predicted molar refractivity (Wildman–Crippen MR) is 117 cm³/mol. The second-order valence-corrected chi connectivity index (χ2v) is 8.22. The van der Waals surface area contributed by atoms with Crippen LogP contribution in [0.5, 0.6) is 0 Å². The number of ether oxygens (including phenoxy) is 2. The van der Waals surface area contributed by atoms with Gasteiger partial charge in [-0.15, -0.1) is 0 Å². The fourth-order valence-corrected chi connectivity index (χ4v) is 3.29. The number of hydrogen-bond acceptors (Lipinski definition) is 5. The number of nitrogens with two attached hydrogens (primary N) is 1. The average molecular weight is 412 g/mol. The van der Waals surface area contributed by atoms with Gasteiger partial charge in [-0.3, -0.25) is 0 Å². The van der Waals surface area contributed by atoms with Crippen LogP contribution >= 0.6 is 0 Å². The summed E-state index contributed by atoms with van der Waals surface area (Å²) in [5.41, 5.74) is 10.1. The number of rotatable bonds is 4. The van der Waals surface area contributed by atoms with Gasteiger partial charge in [0.1, 0.15) is 11.3 Å². The lowest BCUT2D eigenvalue weighted by atomic mass is 9.98. The van der Waals surface area contributed by atoms with Crippen molar-refractivity contribution < 1.29 is 19.1 Å². The molecule has 3 rings (SSSR count). The molecular formula is C23H29N3O4. The van der Waals surface area contributed by atoms with E-state index in [1.807, 2.05) is 45.0 Å². The van der Waals surface area contributed by atoms with E-state index in [0.717, 1.165) is 23.2 Å². The smallest absolute Gasteiger partial charge is 0.410 e. The molecule has 2 aromatic rings. The van der Waals surface area contributed by atoms with Crippen LogP contribution in [0.3, 0.4) is 0 Å². The molecular weight excluding hydrogens is 382 g/mol. The van der Waals surface area contributed by atoms with Crippen molar-refractivity contribution >= 4 is 23.3 Å². The minimum atomic E-state index is -0.495. The van der Waals surface area contributed by atoms with E-state index in [9.17, 15) is 9.59 Å². The first-order valence-electron chi connectivity index (χ1n) is 10.1. The Balaban J connectivity index is 1.69. The lowest BCUT2D eigenvalue weighted by molar-refractivity contribution is 0.0270. The molecule has 3 N–H and O–H groups in total. The number of nitrogens with one attached hydrogen (secondary N) is 1. The van der Waals surface area contributed by atoms with E-state index in [0.29, 0.717) is 25.4 Å². The molecule has 0 fully saturated rings. The molecule has 1 aliphatic rings. The molecule has 0 saturated heterocycles. The van der Waals surface area contributed by atoms with E-state index in [1.54, 1.807) is 17.9 Å². The number of amides is 1. The van der Waals surface area contributed by atoms with Crippen LogP contribution in [0.2, 0.25) is 0 Å². The van der Waals surface area contributed by atoms with Crippen LogP contribution in [0, 0.1) is 0 Å². The minimum absolute atomic E-state index is 0.271. The third-order valence-electron chi connectivity index (χ3n) is 4.76. The summed E-state index contributed by atoms with van der Waals surface area (Å²) in [6.45, 7) is 8.80. The molecule has 7 nitrogen and oxygen atoms in total. The lowest BCUT2D eigenvalue weighted by Crippen LogP contribution is -2.39. The largest absolute Gasteiger partial charge is 0.461 e. The van der Waals surface area contributed by atoms with E-state index in [2.05, 4.69) is 11.1 Å². The summed E-state index contributed by atoms with van der Waals surface area (Å²) in [7, 11) is 0. The van der Waals surface area contributed by atoms with Gasteiger partial charge in [-0.2, -0.15) is 0 Å². The number of hydrogen-bond donors (Lipinski definition) is 2. The number of aromatic nitrogens is 1. The van der Waals surface area contributed by atoms with Crippen molar-refractivity contribution in [2.75, 3.05) is 25.4 Å². The number of benzene rings is 1. The maximum absolute atomic E-state index is 12.2. The number of esters is 1. The highest BCUT2D eigenvalue weighted by atomic mass is 16.6. The van der Waals surface area contributed by atoms with Crippen molar-refractivity contribution in [1.29, 1.82) is 0 Å². The van der Waals surface area contributed by atoms with E-state index in [1.165, 1.54) is 5.57 Å². The van der Waals surface area contributed by atoms with Crippen LogP contribution in [-0.2, 0) is 9.47 Å². The lowest BCUT2D eigenvalue weighted by Gasteiger charge is -2.29. The number of nitrogen functional groups attached to an aromatic ring is 1. The number of anilines is 1. The number of nitrogens with zero attached hydrogens (tertiary/aromatic N) is 1. The molecule has 1 aromatic heterocycles. The van der Waals surface area contributed by atoms with E-state index in [-0.39, 0.29) is 11.8 Å². The molecule has 1 aromatic carbocycles. The number of aromatic amines is 1. The Morgan fingerprint density at radius 3 is 2.40 bits per heavy atom. The fourth-order valence-electron chi connectivity index (χ4n) is 3.29. The van der Waals surface area contributed by atoms with Gasteiger partial charge in [-0.25, -0.2) is 9.59 Å². The minimum Gasteiger partial charge on any atom is -0.461 e. The Kier molecular flexibility index (Phi) is 6.20. The van der Waals surface area contributed by atoms with Gasteiger partial charge in [0.05, 0.1) is 12.3 Å². The summed E-state index contributed by atoms with van der Waals surface area (Å²) < 4.78 is 10.5. The Morgan fingerprint density at radius 1 is 1.17 bits per heavy atom. The average Bonchev–Trinajstić information content (AvgIpc) is 3.09. The quantitative estimate of drug-likeness (QED) is 0.724.